The second-order valence-corrected chi connectivity index (χ2v) is 8.10. The number of hydrogen-bond donors (Lipinski definition) is 0. The summed E-state index contributed by atoms with van der Waals surface area (Å²) in [6.07, 6.45) is 3.13. The van der Waals surface area contributed by atoms with Crippen LogP contribution in [0, 0.1) is 6.92 Å². The number of pyridine rings is 1. The van der Waals surface area contributed by atoms with Gasteiger partial charge >= 0.3 is 6.09 Å². The molecule has 0 saturated carbocycles. The Morgan fingerprint density at radius 1 is 1.50 bits per heavy atom. The fourth-order valence-corrected chi connectivity index (χ4v) is 3.83. The van der Waals surface area contributed by atoms with E-state index in [1.165, 1.54) is 0 Å². The number of carbonyl (C=O) groups is 1. The molecule has 1 aliphatic heterocycles. The van der Waals surface area contributed by atoms with Gasteiger partial charge in [0.25, 0.3) is 0 Å². The lowest BCUT2D eigenvalue weighted by atomic mass is 10.2. The molecule has 5 nitrogen and oxygen atoms in total. The van der Waals surface area contributed by atoms with Gasteiger partial charge in [0.1, 0.15) is 10.6 Å². The van der Waals surface area contributed by atoms with Crippen molar-refractivity contribution >= 4 is 16.9 Å². The third-order valence-corrected chi connectivity index (χ3v) is 4.85. The van der Waals surface area contributed by atoms with E-state index in [1.807, 2.05) is 39.8 Å². The van der Waals surface area contributed by atoms with Crippen molar-refractivity contribution in [1.82, 2.24) is 9.88 Å². The summed E-state index contributed by atoms with van der Waals surface area (Å²) < 4.78 is 17.9. The maximum atomic E-state index is 12.5. The monoisotopic (exact) mass is 324 g/mol. The molecular weight excluding hydrogens is 300 g/mol. The van der Waals surface area contributed by atoms with Gasteiger partial charge in [-0.3, -0.25) is 4.21 Å². The number of hydrogen-bond acceptors (Lipinski definition) is 4. The van der Waals surface area contributed by atoms with Crippen molar-refractivity contribution in [3.8, 4) is 0 Å². The molecule has 22 heavy (non-hydrogen) atoms. The highest BCUT2D eigenvalue weighted by Crippen LogP contribution is 2.22. The van der Waals surface area contributed by atoms with E-state index in [4.69, 9.17) is 4.74 Å². The van der Waals surface area contributed by atoms with Crippen molar-refractivity contribution in [1.29, 1.82) is 0 Å². The molecule has 1 aromatic rings. The van der Waals surface area contributed by atoms with Crippen LogP contribution in [-0.2, 0) is 15.5 Å². The molecule has 6 heteroatoms. The SMILES string of the molecule is Cc1ccnc([S@@](=O)C[C@H]2CCCN2C(=O)OC(C)(C)C)c1. The highest BCUT2D eigenvalue weighted by molar-refractivity contribution is 7.85. The van der Waals surface area contributed by atoms with Crippen LogP contribution < -0.4 is 0 Å². The standard InChI is InChI=1S/C16H24N2O3S/c1-12-7-8-17-14(10-12)22(20)11-13-6-5-9-18(13)15(19)21-16(2,3)4/h7-8,10,13H,5-6,9,11H2,1-4H3/t13-,22+/m1/s1. The quantitative estimate of drug-likeness (QED) is 0.858. The van der Waals surface area contributed by atoms with Crippen molar-refractivity contribution in [2.75, 3.05) is 12.3 Å². The summed E-state index contributed by atoms with van der Waals surface area (Å²) in [5, 5.41) is 0.580. The first-order chi connectivity index (χ1) is 10.3. The third-order valence-electron chi connectivity index (χ3n) is 3.47. The number of amides is 1. The average molecular weight is 324 g/mol. The average Bonchev–Trinajstić information content (AvgIpc) is 2.85. The van der Waals surface area contributed by atoms with E-state index in [-0.39, 0.29) is 12.1 Å². The van der Waals surface area contributed by atoms with Gasteiger partial charge in [0.05, 0.1) is 16.6 Å². The molecule has 1 aromatic heterocycles. The summed E-state index contributed by atoms with van der Waals surface area (Å²) in [5.41, 5.74) is 0.523. The van der Waals surface area contributed by atoms with E-state index >= 15 is 0 Å². The van der Waals surface area contributed by atoms with E-state index in [9.17, 15) is 9.00 Å². The van der Waals surface area contributed by atoms with Crippen LogP contribution in [0.1, 0.15) is 39.2 Å². The highest BCUT2D eigenvalue weighted by Gasteiger charge is 2.33. The summed E-state index contributed by atoms with van der Waals surface area (Å²) in [7, 11) is -1.20. The van der Waals surface area contributed by atoms with Crippen LogP contribution in [0.25, 0.3) is 0 Å². The number of aromatic nitrogens is 1. The largest absolute Gasteiger partial charge is 0.444 e. The van der Waals surface area contributed by atoms with E-state index in [2.05, 4.69) is 4.98 Å². The molecule has 1 fully saturated rings. The van der Waals surface area contributed by atoms with Crippen molar-refractivity contribution in [2.24, 2.45) is 0 Å². The minimum atomic E-state index is -1.20. The Kier molecular flexibility index (Phi) is 5.21. The van der Waals surface area contributed by atoms with Crippen LogP contribution in [0.2, 0.25) is 0 Å². The van der Waals surface area contributed by atoms with Gasteiger partial charge in [-0.25, -0.2) is 9.78 Å². The second-order valence-electron chi connectivity index (χ2n) is 6.65. The zero-order chi connectivity index (χ0) is 16.3. The Morgan fingerprint density at radius 3 is 2.86 bits per heavy atom. The first kappa shape index (κ1) is 16.9. The molecule has 0 bridgehead atoms. The van der Waals surface area contributed by atoms with Gasteiger partial charge in [-0.2, -0.15) is 0 Å². The van der Waals surface area contributed by atoms with E-state index in [0.29, 0.717) is 17.3 Å². The molecular formula is C16H24N2O3S. The highest BCUT2D eigenvalue weighted by atomic mass is 32.2. The Hall–Kier alpha value is -1.43. The van der Waals surface area contributed by atoms with Crippen molar-refractivity contribution in [2.45, 2.75) is 57.2 Å². The number of rotatable bonds is 3. The molecule has 0 N–H and O–H groups in total. The molecule has 0 aromatic carbocycles. The minimum absolute atomic E-state index is 0.0435. The Morgan fingerprint density at radius 2 is 2.23 bits per heavy atom. The van der Waals surface area contributed by atoms with Gasteiger partial charge in [0.15, 0.2) is 0 Å². The fraction of sp³-hybridized carbons (Fsp3) is 0.625. The summed E-state index contributed by atoms with van der Waals surface area (Å²) in [5.74, 6) is 0.412. The Bertz CT molecular complexity index is 569. The van der Waals surface area contributed by atoms with E-state index in [1.54, 1.807) is 11.1 Å². The first-order valence-electron chi connectivity index (χ1n) is 7.57. The topological polar surface area (TPSA) is 59.5 Å². The number of nitrogens with zero attached hydrogens (tertiary/aromatic N) is 2. The predicted octanol–water partition coefficient (Wildman–Crippen LogP) is 2.90. The molecule has 122 valence electrons. The molecule has 1 saturated heterocycles. The lowest BCUT2D eigenvalue weighted by Gasteiger charge is -2.28. The van der Waals surface area contributed by atoms with Crippen LogP contribution in [0.15, 0.2) is 23.4 Å². The van der Waals surface area contributed by atoms with Crippen molar-refractivity contribution in [3.63, 3.8) is 0 Å². The van der Waals surface area contributed by atoms with Gasteiger partial charge in [0, 0.05) is 18.8 Å². The molecule has 2 heterocycles. The molecule has 1 amide bonds. The number of ether oxygens (including phenoxy) is 1. The maximum absolute atomic E-state index is 12.5. The van der Waals surface area contributed by atoms with Gasteiger partial charge in [-0.05, 0) is 58.2 Å². The summed E-state index contributed by atoms with van der Waals surface area (Å²) in [6, 6.07) is 3.67. The summed E-state index contributed by atoms with van der Waals surface area (Å²) in [4.78, 5) is 18.1. The zero-order valence-electron chi connectivity index (χ0n) is 13.7. The Balaban J connectivity index is 2.02. The lowest BCUT2D eigenvalue weighted by molar-refractivity contribution is 0.0241. The van der Waals surface area contributed by atoms with Gasteiger partial charge in [0.2, 0.25) is 0 Å². The van der Waals surface area contributed by atoms with Gasteiger partial charge in [-0.1, -0.05) is 0 Å². The fourth-order valence-electron chi connectivity index (χ4n) is 2.46. The molecule has 2 atom stereocenters. The normalized spacial score (nSPS) is 20.0. The van der Waals surface area contributed by atoms with Crippen molar-refractivity contribution in [3.05, 3.63) is 23.9 Å². The maximum Gasteiger partial charge on any atom is 0.410 e. The van der Waals surface area contributed by atoms with Crippen LogP contribution in [0.4, 0.5) is 4.79 Å². The zero-order valence-corrected chi connectivity index (χ0v) is 14.5. The number of likely N-dealkylation sites (tertiary alicyclic amines) is 1. The smallest absolute Gasteiger partial charge is 0.410 e. The Labute approximate surface area is 134 Å². The summed E-state index contributed by atoms with van der Waals surface area (Å²) in [6.45, 7) is 8.17. The number of aryl methyl sites for hydroxylation is 1. The third kappa shape index (κ3) is 4.53. The minimum Gasteiger partial charge on any atom is -0.444 e. The van der Waals surface area contributed by atoms with Crippen LogP contribution in [0.5, 0.6) is 0 Å². The lowest BCUT2D eigenvalue weighted by Crippen LogP contribution is -2.42. The van der Waals surface area contributed by atoms with E-state index < -0.39 is 16.4 Å². The molecule has 1 aliphatic rings. The molecule has 0 radical (unpaired) electrons. The molecule has 2 rings (SSSR count). The molecule has 0 spiro atoms. The van der Waals surface area contributed by atoms with Gasteiger partial charge in [-0.15, -0.1) is 0 Å². The summed E-state index contributed by atoms with van der Waals surface area (Å²) >= 11 is 0. The predicted molar refractivity (Wildman–Crippen MR) is 86.2 cm³/mol. The van der Waals surface area contributed by atoms with Crippen LogP contribution >= 0.6 is 0 Å². The second kappa shape index (κ2) is 6.77. The molecule has 0 unspecified atom stereocenters. The van der Waals surface area contributed by atoms with Crippen molar-refractivity contribution < 1.29 is 13.7 Å². The van der Waals surface area contributed by atoms with E-state index in [0.717, 1.165) is 18.4 Å². The first-order valence-corrected chi connectivity index (χ1v) is 8.89. The number of carbonyl (C=O) groups excluding carboxylic acids is 1. The van der Waals surface area contributed by atoms with Crippen LogP contribution in [0.3, 0.4) is 0 Å². The van der Waals surface area contributed by atoms with Gasteiger partial charge < -0.3 is 9.64 Å². The molecule has 0 aliphatic carbocycles. The van der Waals surface area contributed by atoms with Crippen LogP contribution in [-0.4, -0.2) is 44.1 Å².